The summed E-state index contributed by atoms with van der Waals surface area (Å²) in [5.41, 5.74) is 12.5. The Labute approximate surface area is 286 Å². The maximum absolute atomic E-state index is 2.49. The zero-order chi connectivity index (χ0) is 32.4. The molecule has 0 radical (unpaired) electrons. The first-order valence-corrected chi connectivity index (χ1v) is 17.1. The molecule has 228 valence electrons. The van der Waals surface area contributed by atoms with Gasteiger partial charge in [-0.25, -0.2) is 0 Å². The van der Waals surface area contributed by atoms with Crippen molar-refractivity contribution in [3.8, 4) is 33.4 Å². The van der Waals surface area contributed by atoms with Gasteiger partial charge in [0.15, 0.2) is 0 Å². The van der Waals surface area contributed by atoms with Gasteiger partial charge in [0.1, 0.15) is 0 Å². The lowest BCUT2D eigenvalue weighted by atomic mass is 9.67. The van der Waals surface area contributed by atoms with Crippen molar-refractivity contribution in [3.63, 3.8) is 0 Å². The molecule has 0 aromatic heterocycles. The van der Waals surface area contributed by atoms with Gasteiger partial charge in [0.05, 0.1) is 5.41 Å². The predicted octanol–water partition coefficient (Wildman–Crippen LogP) is 12.8. The lowest BCUT2D eigenvalue weighted by Crippen LogP contribution is -2.28. The fraction of sp³-hybridized carbons (Fsp3) is 0.0204. The van der Waals surface area contributed by atoms with E-state index in [9.17, 15) is 0 Å². The van der Waals surface area contributed by atoms with Crippen LogP contribution < -0.4 is 0 Å². The molecule has 0 aliphatic heterocycles. The molecule has 0 N–H and O–H groups in total. The van der Waals surface area contributed by atoms with Gasteiger partial charge in [0, 0.05) is 0 Å². The fourth-order valence-corrected chi connectivity index (χ4v) is 8.77. The first-order chi connectivity index (χ1) is 24.3. The van der Waals surface area contributed by atoms with E-state index in [0.717, 1.165) is 0 Å². The molecule has 1 aliphatic carbocycles. The third-order valence-corrected chi connectivity index (χ3v) is 10.7. The minimum atomic E-state index is -0.447. The van der Waals surface area contributed by atoms with Crippen LogP contribution in [0.4, 0.5) is 0 Å². The van der Waals surface area contributed by atoms with Gasteiger partial charge >= 0.3 is 0 Å². The van der Waals surface area contributed by atoms with Gasteiger partial charge in [-0.1, -0.05) is 188 Å². The maximum Gasteiger partial charge on any atom is 0.0713 e. The fourth-order valence-electron chi connectivity index (χ4n) is 8.77. The number of hydrogen-bond acceptors (Lipinski definition) is 0. The van der Waals surface area contributed by atoms with Crippen LogP contribution in [0.15, 0.2) is 194 Å². The minimum absolute atomic E-state index is 0.447. The summed E-state index contributed by atoms with van der Waals surface area (Å²) >= 11 is 0. The zero-order valence-corrected chi connectivity index (χ0v) is 27.0. The van der Waals surface area contributed by atoms with Crippen LogP contribution in [0.3, 0.4) is 0 Å². The van der Waals surface area contributed by atoms with Crippen molar-refractivity contribution in [3.05, 3.63) is 216 Å². The normalized spacial score (nSPS) is 13.1. The van der Waals surface area contributed by atoms with Gasteiger partial charge < -0.3 is 0 Å². The van der Waals surface area contributed by atoms with Gasteiger partial charge in [-0.05, 0) is 94.0 Å². The lowest BCUT2D eigenvalue weighted by Gasteiger charge is -2.34. The Hall–Kier alpha value is -6.24. The van der Waals surface area contributed by atoms with Crippen molar-refractivity contribution in [1.82, 2.24) is 0 Å². The first kappa shape index (κ1) is 27.8. The van der Waals surface area contributed by atoms with Crippen LogP contribution in [0.5, 0.6) is 0 Å². The molecule has 0 spiro atoms. The third kappa shape index (κ3) is 3.98. The predicted molar refractivity (Wildman–Crippen MR) is 207 cm³/mol. The Morgan fingerprint density at radius 1 is 0.286 bits per heavy atom. The van der Waals surface area contributed by atoms with Crippen molar-refractivity contribution in [1.29, 1.82) is 0 Å². The van der Waals surface area contributed by atoms with E-state index in [1.54, 1.807) is 0 Å². The number of fused-ring (bicyclic) bond motifs is 7. The monoisotopic (exact) mass is 620 g/mol. The molecule has 0 amide bonds. The summed E-state index contributed by atoms with van der Waals surface area (Å²) in [6.45, 7) is 0. The summed E-state index contributed by atoms with van der Waals surface area (Å²) in [4.78, 5) is 0. The maximum atomic E-state index is 2.49. The highest BCUT2D eigenvalue weighted by atomic mass is 14.5. The second-order valence-electron chi connectivity index (χ2n) is 13.2. The van der Waals surface area contributed by atoms with E-state index in [1.165, 1.54) is 88.0 Å². The van der Waals surface area contributed by atoms with Crippen LogP contribution >= 0.6 is 0 Å². The topological polar surface area (TPSA) is 0 Å². The summed E-state index contributed by atoms with van der Waals surface area (Å²) in [6.07, 6.45) is 0. The Balaban J connectivity index is 1.34. The molecule has 0 unspecified atom stereocenters. The van der Waals surface area contributed by atoms with E-state index in [4.69, 9.17) is 0 Å². The minimum Gasteiger partial charge on any atom is -0.0622 e. The molecular formula is C49H32. The van der Waals surface area contributed by atoms with Gasteiger partial charge in [-0.3, -0.25) is 0 Å². The van der Waals surface area contributed by atoms with E-state index in [1.807, 2.05) is 0 Å². The molecule has 0 bridgehead atoms. The highest BCUT2D eigenvalue weighted by molar-refractivity contribution is 6.21. The smallest absolute Gasteiger partial charge is 0.0622 e. The van der Waals surface area contributed by atoms with Gasteiger partial charge in [0.2, 0.25) is 0 Å². The average molecular weight is 621 g/mol. The summed E-state index contributed by atoms with van der Waals surface area (Å²) < 4.78 is 0. The molecule has 0 atom stereocenters. The van der Waals surface area contributed by atoms with Crippen LogP contribution in [0.2, 0.25) is 0 Å². The molecule has 10 rings (SSSR count). The third-order valence-electron chi connectivity index (χ3n) is 10.7. The quantitative estimate of drug-likeness (QED) is 0.172. The standard InChI is InChI=1S/C49H32/c1-4-17-34(18-5-1)46-39-24-12-14-26-41(39)47(42-27-15-13-25-40(42)46)35-29-30-44-43(32-35)48-38-23-11-10-16-33(38)28-31-45(48)49(44,36-19-6-2-7-20-36)37-21-8-3-9-22-37/h1-32H. The number of hydrogen-bond donors (Lipinski definition) is 0. The van der Waals surface area contributed by atoms with Crippen LogP contribution in [-0.2, 0) is 5.41 Å². The van der Waals surface area contributed by atoms with Crippen LogP contribution in [0.1, 0.15) is 22.3 Å². The van der Waals surface area contributed by atoms with Crippen molar-refractivity contribution in [2.45, 2.75) is 5.41 Å². The largest absolute Gasteiger partial charge is 0.0713 e. The summed E-state index contributed by atoms with van der Waals surface area (Å²) in [7, 11) is 0. The Bertz CT molecular complexity index is 2590. The Morgan fingerprint density at radius 3 is 1.31 bits per heavy atom. The molecule has 0 saturated carbocycles. The van der Waals surface area contributed by atoms with Crippen LogP contribution in [-0.4, -0.2) is 0 Å². The number of benzene rings is 9. The molecule has 0 heterocycles. The molecule has 49 heavy (non-hydrogen) atoms. The van der Waals surface area contributed by atoms with Crippen molar-refractivity contribution in [2.75, 3.05) is 0 Å². The van der Waals surface area contributed by atoms with E-state index < -0.39 is 5.41 Å². The second kappa shape index (κ2) is 10.9. The highest BCUT2D eigenvalue weighted by Gasteiger charge is 2.46. The summed E-state index contributed by atoms with van der Waals surface area (Å²) in [5.74, 6) is 0. The summed E-state index contributed by atoms with van der Waals surface area (Å²) in [5, 5.41) is 7.65. The van der Waals surface area contributed by atoms with E-state index in [-0.39, 0.29) is 0 Å². The van der Waals surface area contributed by atoms with Crippen molar-refractivity contribution in [2.24, 2.45) is 0 Å². The molecule has 0 heteroatoms. The van der Waals surface area contributed by atoms with Crippen LogP contribution in [0, 0.1) is 0 Å². The van der Waals surface area contributed by atoms with E-state index >= 15 is 0 Å². The van der Waals surface area contributed by atoms with E-state index in [2.05, 4.69) is 194 Å². The van der Waals surface area contributed by atoms with Gasteiger partial charge in [-0.2, -0.15) is 0 Å². The molecule has 0 fully saturated rings. The second-order valence-corrected chi connectivity index (χ2v) is 13.2. The average Bonchev–Trinajstić information content (AvgIpc) is 3.49. The Morgan fingerprint density at radius 2 is 0.735 bits per heavy atom. The molecule has 9 aromatic rings. The van der Waals surface area contributed by atoms with Crippen LogP contribution in [0.25, 0.3) is 65.7 Å². The highest BCUT2D eigenvalue weighted by Crippen LogP contribution is 2.58. The molecule has 1 aliphatic rings. The molecular weight excluding hydrogens is 589 g/mol. The molecule has 0 nitrogen and oxygen atoms in total. The van der Waals surface area contributed by atoms with Gasteiger partial charge in [-0.15, -0.1) is 0 Å². The zero-order valence-electron chi connectivity index (χ0n) is 27.0. The summed E-state index contributed by atoms with van der Waals surface area (Å²) in [6, 6.07) is 71.8. The SMILES string of the molecule is c1ccc(-c2c3ccccc3c(-c3ccc4c(c3)-c3c(ccc5ccccc35)C4(c3ccccc3)c3ccccc3)c3ccccc23)cc1. The lowest BCUT2D eigenvalue weighted by molar-refractivity contribution is 0.769. The number of rotatable bonds is 4. The molecule has 0 saturated heterocycles. The van der Waals surface area contributed by atoms with Gasteiger partial charge in [0.25, 0.3) is 0 Å². The van der Waals surface area contributed by atoms with E-state index in [0.29, 0.717) is 0 Å². The molecule has 9 aromatic carbocycles. The van der Waals surface area contributed by atoms with Crippen molar-refractivity contribution < 1.29 is 0 Å². The first-order valence-electron chi connectivity index (χ1n) is 17.1. The van der Waals surface area contributed by atoms with Crippen molar-refractivity contribution >= 4 is 32.3 Å². The Kier molecular flexibility index (Phi) is 6.19.